The second-order valence-electron chi connectivity index (χ2n) is 4.22. The SMILES string of the molecule is CC1(C)OC[C@@H]2OC[C@H](O)[C@H](O)[C@H]2O1. The van der Waals surface area contributed by atoms with Gasteiger partial charge in [-0.3, -0.25) is 0 Å². The van der Waals surface area contributed by atoms with Crippen molar-refractivity contribution >= 4 is 0 Å². The van der Waals surface area contributed by atoms with Crippen molar-refractivity contribution in [3.63, 3.8) is 0 Å². The molecule has 2 aliphatic rings. The van der Waals surface area contributed by atoms with Crippen LogP contribution in [-0.4, -0.2) is 53.6 Å². The van der Waals surface area contributed by atoms with Gasteiger partial charge in [0.15, 0.2) is 5.79 Å². The minimum absolute atomic E-state index is 0.134. The molecule has 2 saturated heterocycles. The molecule has 5 nitrogen and oxygen atoms in total. The zero-order valence-electron chi connectivity index (χ0n) is 8.34. The Morgan fingerprint density at radius 2 is 1.93 bits per heavy atom. The first-order chi connectivity index (χ1) is 6.49. The van der Waals surface area contributed by atoms with Crippen LogP contribution in [0.15, 0.2) is 0 Å². The molecule has 2 N–H and O–H groups in total. The average Bonchev–Trinajstić information content (AvgIpc) is 2.11. The van der Waals surface area contributed by atoms with E-state index in [0.29, 0.717) is 6.61 Å². The van der Waals surface area contributed by atoms with E-state index in [1.54, 1.807) is 13.8 Å². The van der Waals surface area contributed by atoms with Gasteiger partial charge < -0.3 is 24.4 Å². The van der Waals surface area contributed by atoms with Crippen LogP contribution in [0.4, 0.5) is 0 Å². The van der Waals surface area contributed by atoms with E-state index >= 15 is 0 Å². The van der Waals surface area contributed by atoms with E-state index in [1.807, 2.05) is 0 Å². The average molecular weight is 204 g/mol. The molecule has 0 radical (unpaired) electrons. The van der Waals surface area contributed by atoms with Gasteiger partial charge in [0.05, 0.1) is 13.2 Å². The van der Waals surface area contributed by atoms with Crippen molar-refractivity contribution in [1.82, 2.24) is 0 Å². The maximum Gasteiger partial charge on any atom is 0.163 e. The summed E-state index contributed by atoms with van der Waals surface area (Å²) in [4.78, 5) is 0. The minimum atomic E-state index is -0.892. The van der Waals surface area contributed by atoms with Gasteiger partial charge in [-0.2, -0.15) is 0 Å². The standard InChI is InChI=1S/C9H16O5/c1-9(2)13-4-6-8(14-9)7(11)5(10)3-12-6/h5-8,10-11H,3-4H2,1-2H3/t5-,6-,7-,8-/m0/s1. The summed E-state index contributed by atoms with van der Waals surface area (Å²) in [6.07, 6.45) is -2.54. The number of aliphatic hydroxyl groups is 2. The molecule has 2 rings (SSSR count). The Labute approximate surface area is 82.6 Å². The van der Waals surface area contributed by atoms with E-state index in [9.17, 15) is 10.2 Å². The number of ether oxygens (including phenoxy) is 3. The molecule has 0 saturated carbocycles. The molecule has 0 unspecified atom stereocenters. The van der Waals surface area contributed by atoms with Crippen LogP contribution in [0.5, 0.6) is 0 Å². The first-order valence-electron chi connectivity index (χ1n) is 4.79. The lowest BCUT2D eigenvalue weighted by Gasteiger charge is -2.46. The highest BCUT2D eigenvalue weighted by molar-refractivity contribution is 4.91. The van der Waals surface area contributed by atoms with Gasteiger partial charge in [-0.25, -0.2) is 0 Å². The molecular formula is C9H16O5. The fourth-order valence-corrected chi connectivity index (χ4v) is 1.79. The maximum atomic E-state index is 9.69. The van der Waals surface area contributed by atoms with Crippen LogP contribution in [0.25, 0.3) is 0 Å². The van der Waals surface area contributed by atoms with Crippen molar-refractivity contribution in [2.75, 3.05) is 13.2 Å². The van der Waals surface area contributed by atoms with Crippen molar-refractivity contribution in [3.8, 4) is 0 Å². The van der Waals surface area contributed by atoms with Crippen molar-refractivity contribution in [3.05, 3.63) is 0 Å². The van der Waals surface area contributed by atoms with Crippen LogP contribution in [0.2, 0.25) is 0 Å². The maximum absolute atomic E-state index is 9.69. The van der Waals surface area contributed by atoms with Crippen molar-refractivity contribution in [1.29, 1.82) is 0 Å². The summed E-state index contributed by atoms with van der Waals surface area (Å²) in [5, 5.41) is 19.1. The van der Waals surface area contributed by atoms with Crippen LogP contribution in [0, 0.1) is 0 Å². The Kier molecular flexibility index (Phi) is 2.53. The lowest BCUT2D eigenvalue weighted by molar-refractivity contribution is -0.346. The van der Waals surface area contributed by atoms with Crippen LogP contribution in [0.1, 0.15) is 13.8 Å². The molecule has 82 valence electrons. The molecule has 4 atom stereocenters. The molecule has 5 heteroatoms. The molecule has 0 spiro atoms. The predicted octanol–water partition coefficient (Wildman–Crippen LogP) is -0.742. The number of hydrogen-bond acceptors (Lipinski definition) is 5. The van der Waals surface area contributed by atoms with Crippen molar-refractivity contribution in [2.24, 2.45) is 0 Å². The largest absolute Gasteiger partial charge is 0.388 e. The number of hydrogen-bond donors (Lipinski definition) is 2. The molecule has 14 heavy (non-hydrogen) atoms. The summed E-state index contributed by atoms with van der Waals surface area (Å²) in [6.45, 7) is 4.07. The van der Waals surface area contributed by atoms with E-state index in [4.69, 9.17) is 14.2 Å². The van der Waals surface area contributed by atoms with E-state index in [2.05, 4.69) is 0 Å². The number of rotatable bonds is 0. The van der Waals surface area contributed by atoms with E-state index in [1.165, 1.54) is 0 Å². The van der Waals surface area contributed by atoms with Crippen LogP contribution < -0.4 is 0 Å². The molecular weight excluding hydrogens is 188 g/mol. The van der Waals surface area contributed by atoms with Gasteiger partial charge in [-0.15, -0.1) is 0 Å². The Morgan fingerprint density at radius 3 is 2.64 bits per heavy atom. The van der Waals surface area contributed by atoms with Gasteiger partial charge in [0.1, 0.15) is 24.4 Å². The van der Waals surface area contributed by atoms with Gasteiger partial charge in [0, 0.05) is 0 Å². The highest BCUT2D eigenvalue weighted by atomic mass is 16.7. The monoisotopic (exact) mass is 204 g/mol. The fraction of sp³-hybridized carbons (Fsp3) is 1.00. The van der Waals surface area contributed by atoms with Crippen LogP contribution in [-0.2, 0) is 14.2 Å². The third kappa shape index (κ3) is 1.78. The van der Waals surface area contributed by atoms with Gasteiger partial charge in [0.2, 0.25) is 0 Å². The Morgan fingerprint density at radius 1 is 1.21 bits per heavy atom. The van der Waals surface area contributed by atoms with Gasteiger partial charge in [-0.1, -0.05) is 0 Å². The molecule has 0 bridgehead atoms. The van der Waals surface area contributed by atoms with Crippen LogP contribution >= 0.6 is 0 Å². The summed E-state index contributed by atoms with van der Waals surface area (Å²) < 4.78 is 16.2. The second-order valence-corrected chi connectivity index (χ2v) is 4.22. The first-order valence-corrected chi connectivity index (χ1v) is 4.79. The van der Waals surface area contributed by atoms with Gasteiger partial charge in [0.25, 0.3) is 0 Å². The normalized spacial score (nSPS) is 47.1. The third-order valence-electron chi connectivity index (χ3n) is 2.59. The topological polar surface area (TPSA) is 68.2 Å². The van der Waals surface area contributed by atoms with E-state index in [-0.39, 0.29) is 12.7 Å². The molecule has 0 aromatic carbocycles. The highest BCUT2D eigenvalue weighted by Crippen LogP contribution is 2.29. The Hall–Kier alpha value is -0.200. The van der Waals surface area contributed by atoms with Crippen LogP contribution in [0.3, 0.4) is 0 Å². The third-order valence-corrected chi connectivity index (χ3v) is 2.59. The Bertz CT molecular complexity index is 215. The lowest BCUT2D eigenvalue weighted by Crippen LogP contribution is -2.61. The van der Waals surface area contributed by atoms with Crippen molar-refractivity contribution in [2.45, 2.75) is 44.1 Å². The molecule has 2 fully saturated rings. The van der Waals surface area contributed by atoms with E-state index in [0.717, 1.165) is 0 Å². The molecule has 0 aliphatic carbocycles. The summed E-state index contributed by atoms with van der Waals surface area (Å²) >= 11 is 0. The Balaban J connectivity index is 2.08. The molecule has 0 aromatic heterocycles. The number of fused-ring (bicyclic) bond motifs is 1. The molecule has 2 aliphatic heterocycles. The molecule has 2 heterocycles. The van der Waals surface area contributed by atoms with Gasteiger partial charge in [-0.05, 0) is 13.8 Å². The van der Waals surface area contributed by atoms with E-state index < -0.39 is 24.1 Å². The fourth-order valence-electron chi connectivity index (χ4n) is 1.79. The zero-order valence-corrected chi connectivity index (χ0v) is 8.34. The predicted molar refractivity (Wildman–Crippen MR) is 46.7 cm³/mol. The summed E-state index contributed by atoms with van der Waals surface area (Å²) in [5.74, 6) is -0.720. The summed E-state index contributed by atoms with van der Waals surface area (Å²) in [6, 6.07) is 0. The quantitative estimate of drug-likeness (QED) is 0.544. The zero-order chi connectivity index (χ0) is 10.3. The molecule has 0 amide bonds. The lowest BCUT2D eigenvalue weighted by atomic mass is 9.99. The number of aliphatic hydroxyl groups excluding tert-OH is 2. The highest BCUT2D eigenvalue weighted by Gasteiger charge is 2.46. The smallest absolute Gasteiger partial charge is 0.163 e. The van der Waals surface area contributed by atoms with Crippen molar-refractivity contribution < 1.29 is 24.4 Å². The molecule has 0 aromatic rings. The minimum Gasteiger partial charge on any atom is -0.388 e. The first kappa shape index (κ1) is 10.3. The second kappa shape index (κ2) is 3.43. The summed E-state index contributed by atoms with van der Waals surface area (Å²) in [7, 11) is 0. The van der Waals surface area contributed by atoms with Gasteiger partial charge >= 0.3 is 0 Å². The summed E-state index contributed by atoms with van der Waals surface area (Å²) in [5.41, 5.74) is 0.